The smallest absolute Gasteiger partial charge is 0.372 e. The molecule has 6 aromatic rings. The van der Waals surface area contributed by atoms with Crippen LogP contribution in [0.25, 0.3) is 32.3 Å². The lowest BCUT2D eigenvalue weighted by Gasteiger charge is -2.13. The van der Waals surface area contributed by atoms with E-state index in [1.165, 1.54) is 28.6 Å². The zero-order chi connectivity index (χ0) is 25.8. The molecule has 0 radical (unpaired) electrons. The Kier molecular flexibility index (Phi) is 4.90. The minimum Gasteiger partial charge on any atom is -0.475 e. The van der Waals surface area contributed by atoms with E-state index in [2.05, 4.69) is 44.9 Å². The highest BCUT2D eigenvalue weighted by molar-refractivity contribution is 6.27. The molecule has 2 heterocycles. The summed E-state index contributed by atoms with van der Waals surface area (Å²) in [7, 11) is 3.13. The molecule has 10 heteroatoms. The molecule has 6 rings (SSSR count). The first kappa shape index (κ1) is 22.2. The van der Waals surface area contributed by atoms with Crippen molar-refractivity contribution in [1.82, 2.24) is 19.1 Å². The van der Waals surface area contributed by atoms with Gasteiger partial charge >= 0.3 is 5.97 Å². The number of benzene rings is 4. The summed E-state index contributed by atoms with van der Waals surface area (Å²) in [6, 6.07) is 17.9. The molecule has 4 aromatic carbocycles. The maximum absolute atomic E-state index is 13.3. The number of anilines is 2. The number of imidazole rings is 2. The van der Waals surface area contributed by atoms with E-state index in [0.717, 1.165) is 32.3 Å². The highest BCUT2D eigenvalue weighted by Gasteiger charge is 2.20. The molecule has 10 nitrogen and oxygen atoms in total. The number of nitrogens with one attached hydrogen (secondary N) is 2. The van der Waals surface area contributed by atoms with Crippen LogP contribution in [0.4, 0.5) is 11.6 Å². The molecular formula is C27H20N6O4. The van der Waals surface area contributed by atoms with Crippen molar-refractivity contribution in [3.8, 4) is 0 Å². The van der Waals surface area contributed by atoms with Gasteiger partial charge in [0.15, 0.2) is 11.6 Å². The van der Waals surface area contributed by atoms with Gasteiger partial charge in [-0.15, -0.1) is 0 Å². The van der Waals surface area contributed by atoms with Crippen molar-refractivity contribution in [3.05, 3.63) is 84.2 Å². The summed E-state index contributed by atoms with van der Waals surface area (Å²) in [5, 5.41) is 20.7. The Morgan fingerprint density at radius 3 is 1.89 bits per heavy atom. The molecule has 0 aliphatic carbocycles. The molecule has 0 aliphatic heterocycles. The molecule has 0 spiro atoms. The van der Waals surface area contributed by atoms with Crippen molar-refractivity contribution in [3.63, 3.8) is 0 Å². The third kappa shape index (κ3) is 3.62. The highest BCUT2D eigenvalue weighted by atomic mass is 16.4. The summed E-state index contributed by atoms with van der Waals surface area (Å²) < 4.78 is 2.76. The topological polar surface area (TPSA) is 131 Å². The maximum atomic E-state index is 13.3. The van der Waals surface area contributed by atoms with Gasteiger partial charge < -0.3 is 24.9 Å². The molecule has 0 aliphatic rings. The van der Waals surface area contributed by atoms with Crippen molar-refractivity contribution in [1.29, 1.82) is 0 Å². The van der Waals surface area contributed by atoms with Crippen LogP contribution in [0.2, 0.25) is 0 Å². The normalized spacial score (nSPS) is 11.4. The van der Waals surface area contributed by atoms with E-state index in [0.29, 0.717) is 5.56 Å². The average molecular weight is 492 g/mol. The Labute approximate surface area is 209 Å². The second-order valence-electron chi connectivity index (χ2n) is 8.80. The lowest BCUT2D eigenvalue weighted by Crippen LogP contribution is -2.17. The van der Waals surface area contributed by atoms with Gasteiger partial charge in [-0.2, -0.15) is 0 Å². The van der Waals surface area contributed by atoms with Gasteiger partial charge in [0.2, 0.25) is 11.6 Å². The first-order valence-corrected chi connectivity index (χ1v) is 11.4. The SMILES string of the molecule is Cn1cc(NC(=O)c2nc(NC(=O)c3ccc4ccc5cccc6ccc3c4c56)cn2C)nc1C(=O)O. The predicted molar refractivity (Wildman–Crippen MR) is 139 cm³/mol. The van der Waals surface area contributed by atoms with E-state index in [4.69, 9.17) is 5.11 Å². The highest BCUT2D eigenvalue weighted by Crippen LogP contribution is 2.36. The van der Waals surface area contributed by atoms with E-state index >= 15 is 0 Å². The number of hydrogen-bond acceptors (Lipinski definition) is 5. The maximum Gasteiger partial charge on any atom is 0.372 e. The largest absolute Gasteiger partial charge is 0.475 e. The second-order valence-corrected chi connectivity index (χ2v) is 8.80. The number of carbonyl (C=O) groups is 3. The van der Waals surface area contributed by atoms with Gasteiger partial charge in [0.1, 0.15) is 0 Å². The van der Waals surface area contributed by atoms with Crippen LogP contribution in [0.3, 0.4) is 0 Å². The third-order valence-electron chi connectivity index (χ3n) is 6.40. The van der Waals surface area contributed by atoms with Gasteiger partial charge in [0.05, 0.1) is 0 Å². The molecule has 0 unspecified atom stereocenters. The number of carboxylic acids is 1. The standard InChI is InChI=1S/C27H20N6O4/c1-32-12-19(28-23(32)26(35)31-20-13-33(2)24(29-20)27(36)37)30-25(34)18-11-9-16-7-6-14-4-3-5-15-8-10-17(18)22(16)21(14)15/h3-13H,1-2H3,(H,30,34)(H,31,35)(H,36,37). The van der Waals surface area contributed by atoms with Crippen LogP contribution in [-0.2, 0) is 14.1 Å². The Morgan fingerprint density at radius 1 is 0.703 bits per heavy atom. The number of aromatic nitrogens is 4. The van der Waals surface area contributed by atoms with E-state index in [-0.39, 0.29) is 29.2 Å². The third-order valence-corrected chi connectivity index (χ3v) is 6.40. The van der Waals surface area contributed by atoms with Crippen LogP contribution < -0.4 is 10.6 Å². The molecule has 2 aromatic heterocycles. The number of carbonyl (C=O) groups excluding carboxylic acids is 2. The Morgan fingerprint density at radius 2 is 1.24 bits per heavy atom. The van der Waals surface area contributed by atoms with Crippen molar-refractivity contribution in [2.75, 3.05) is 10.6 Å². The quantitative estimate of drug-likeness (QED) is 0.308. The molecule has 0 bridgehead atoms. The molecule has 0 fully saturated rings. The van der Waals surface area contributed by atoms with Gasteiger partial charge in [0.25, 0.3) is 11.8 Å². The fourth-order valence-corrected chi connectivity index (χ4v) is 4.75. The zero-order valence-electron chi connectivity index (χ0n) is 19.8. The van der Waals surface area contributed by atoms with Crippen molar-refractivity contribution < 1.29 is 19.5 Å². The monoisotopic (exact) mass is 492 g/mol. The van der Waals surface area contributed by atoms with Gasteiger partial charge in [0, 0.05) is 32.1 Å². The summed E-state index contributed by atoms with van der Waals surface area (Å²) in [5.74, 6) is -2.07. The van der Waals surface area contributed by atoms with Crippen LogP contribution in [0.5, 0.6) is 0 Å². The average Bonchev–Trinajstić information content (AvgIpc) is 3.43. The fourth-order valence-electron chi connectivity index (χ4n) is 4.75. The van der Waals surface area contributed by atoms with Crippen LogP contribution >= 0.6 is 0 Å². The molecular weight excluding hydrogens is 472 g/mol. The summed E-state index contributed by atoms with van der Waals surface area (Å²) in [6.07, 6.45) is 2.92. The Hall–Kier alpha value is -5.25. The first-order chi connectivity index (χ1) is 17.8. The number of nitrogens with zero attached hydrogens (tertiary/aromatic N) is 4. The fraction of sp³-hybridized carbons (Fsp3) is 0.0741. The lowest BCUT2D eigenvalue weighted by atomic mass is 9.92. The van der Waals surface area contributed by atoms with Crippen LogP contribution in [0, 0.1) is 0 Å². The van der Waals surface area contributed by atoms with Crippen molar-refractivity contribution in [2.24, 2.45) is 14.1 Å². The summed E-state index contributed by atoms with van der Waals surface area (Å²) in [4.78, 5) is 45.4. The molecule has 2 amide bonds. The van der Waals surface area contributed by atoms with Gasteiger partial charge in [-0.25, -0.2) is 14.8 Å². The van der Waals surface area contributed by atoms with Gasteiger partial charge in [-0.1, -0.05) is 48.5 Å². The number of rotatable bonds is 5. The van der Waals surface area contributed by atoms with Crippen LogP contribution in [0.15, 0.2) is 67.0 Å². The van der Waals surface area contributed by atoms with Crippen molar-refractivity contribution in [2.45, 2.75) is 0 Å². The molecule has 0 saturated carbocycles. The molecule has 0 saturated heterocycles. The first-order valence-electron chi connectivity index (χ1n) is 11.4. The van der Waals surface area contributed by atoms with E-state index in [9.17, 15) is 14.4 Å². The predicted octanol–water partition coefficient (Wildman–Crippen LogP) is 4.25. The minimum atomic E-state index is -1.21. The minimum absolute atomic E-state index is 0.0215. The molecule has 182 valence electrons. The number of aromatic carboxylic acids is 1. The van der Waals surface area contributed by atoms with E-state index < -0.39 is 11.9 Å². The Balaban J connectivity index is 1.29. The molecule has 3 N–H and O–H groups in total. The number of carboxylic acid groups (broad SMARTS) is 1. The summed E-state index contributed by atoms with van der Waals surface area (Å²) in [5.41, 5.74) is 0.497. The van der Waals surface area contributed by atoms with E-state index in [1.807, 2.05) is 24.3 Å². The molecule has 0 atom stereocenters. The van der Waals surface area contributed by atoms with Crippen molar-refractivity contribution >= 4 is 61.7 Å². The van der Waals surface area contributed by atoms with Crippen LogP contribution in [0.1, 0.15) is 31.6 Å². The summed E-state index contributed by atoms with van der Waals surface area (Å²) in [6.45, 7) is 0. The second kappa shape index (κ2) is 8.16. The number of amides is 2. The summed E-state index contributed by atoms with van der Waals surface area (Å²) >= 11 is 0. The lowest BCUT2D eigenvalue weighted by molar-refractivity contribution is 0.0679. The van der Waals surface area contributed by atoms with Gasteiger partial charge in [-0.3, -0.25) is 9.59 Å². The van der Waals surface area contributed by atoms with Gasteiger partial charge in [-0.05, 0) is 38.4 Å². The van der Waals surface area contributed by atoms with E-state index in [1.54, 1.807) is 13.1 Å². The number of hydrogen-bond donors (Lipinski definition) is 3. The zero-order valence-corrected chi connectivity index (χ0v) is 19.8. The van der Waals surface area contributed by atoms with Crippen LogP contribution in [-0.4, -0.2) is 42.0 Å². The molecule has 37 heavy (non-hydrogen) atoms. The Bertz CT molecular complexity index is 1870. The number of aryl methyl sites for hydroxylation is 2.